The van der Waals surface area contributed by atoms with E-state index < -0.39 is 11.9 Å². The van der Waals surface area contributed by atoms with Gasteiger partial charge in [-0.3, -0.25) is 0 Å². The van der Waals surface area contributed by atoms with Crippen molar-refractivity contribution in [2.45, 2.75) is 206 Å². The van der Waals surface area contributed by atoms with Crippen molar-refractivity contribution in [2.75, 3.05) is 0 Å². The number of carboxylic acids is 2. The van der Waals surface area contributed by atoms with Gasteiger partial charge in [0, 0.05) is 11.9 Å². The SMILES string of the molecule is CCCCCCCCCCCCCCCCC(=O)[O-].CCCCCCCCCCCCCCCCC(=O)[O-].[Zn+2]. The van der Waals surface area contributed by atoms with Crippen LogP contribution in [0.5, 0.6) is 0 Å². The predicted octanol–water partition coefficient (Wildman–Crippen LogP) is 9.21. The molecule has 5 heteroatoms. The number of aliphatic carboxylic acids is 2. The molecule has 0 unspecified atom stereocenters. The molecule has 0 aliphatic rings. The summed E-state index contributed by atoms with van der Waals surface area (Å²) in [4.78, 5) is 20.4. The molecule has 0 fully saturated rings. The molecule has 0 saturated heterocycles. The molecular weight excluding hydrogens is 538 g/mol. The molecular formula is C34H66O4Zn. The van der Waals surface area contributed by atoms with Crippen LogP contribution in [0.4, 0.5) is 0 Å². The predicted molar refractivity (Wildman–Crippen MR) is 160 cm³/mol. The molecule has 0 aromatic carbocycles. The minimum Gasteiger partial charge on any atom is -0.550 e. The minimum atomic E-state index is -0.904. The second-order valence-electron chi connectivity index (χ2n) is 11.4. The molecule has 0 rings (SSSR count). The monoisotopic (exact) mass is 602 g/mol. The Bertz CT molecular complexity index is 428. The van der Waals surface area contributed by atoms with E-state index in [0.717, 1.165) is 25.7 Å². The number of hydrogen-bond donors (Lipinski definition) is 0. The van der Waals surface area contributed by atoms with Gasteiger partial charge in [0.25, 0.3) is 0 Å². The van der Waals surface area contributed by atoms with E-state index in [2.05, 4.69) is 13.8 Å². The molecule has 0 spiro atoms. The van der Waals surface area contributed by atoms with E-state index in [0.29, 0.717) is 0 Å². The number of carbonyl (C=O) groups is 2. The third kappa shape index (κ3) is 47.7. The van der Waals surface area contributed by atoms with E-state index in [9.17, 15) is 19.8 Å². The summed E-state index contributed by atoms with van der Waals surface area (Å²) in [6.07, 6.45) is 36.8. The third-order valence-corrected chi connectivity index (χ3v) is 7.47. The van der Waals surface area contributed by atoms with Crippen LogP contribution in [0.3, 0.4) is 0 Å². The Balaban J connectivity index is -0.000000648. The van der Waals surface area contributed by atoms with Crippen LogP contribution >= 0.6 is 0 Å². The van der Waals surface area contributed by atoms with Gasteiger partial charge in [-0.25, -0.2) is 0 Å². The van der Waals surface area contributed by atoms with Gasteiger partial charge in [0.2, 0.25) is 0 Å². The molecule has 0 aromatic rings. The van der Waals surface area contributed by atoms with Crippen LogP contribution < -0.4 is 10.2 Å². The molecule has 0 atom stereocenters. The quantitative estimate of drug-likeness (QED) is 0.0605. The van der Waals surface area contributed by atoms with Crippen molar-refractivity contribution in [3.63, 3.8) is 0 Å². The normalized spacial score (nSPS) is 10.5. The first-order valence-electron chi connectivity index (χ1n) is 16.9. The number of carbonyl (C=O) groups excluding carboxylic acids is 2. The molecule has 0 N–H and O–H groups in total. The number of rotatable bonds is 30. The van der Waals surface area contributed by atoms with Gasteiger partial charge in [-0.1, -0.05) is 181 Å². The van der Waals surface area contributed by atoms with Crippen LogP contribution in [0.15, 0.2) is 0 Å². The Morgan fingerprint density at radius 2 is 0.487 bits per heavy atom. The van der Waals surface area contributed by atoms with E-state index in [-0.39, 0.29) is 32.3 Å². The molecule has 0 amide bonds. The van der Waals surface area contributed by atoms with Crippen molar-refractivity contribution >= 4 is 11.9 Å². The number of unbranched alkanes of at least 4 members (excludes halogenated alkanes) is 26. The van der Waals surface area contributed by atoms with Gasteiger partial charge in [-0.05, 0) is 25.7 Å². The summed E-state index contributed by atoms with van der Waals surface area (Å²) in [6.45, 7) is 4.52. The summed E-state index contributed by atoms with van der Waals surface area (Å²) in [5, 5.41) is 20.4. The van der Waals surface area contributed by atoms with Gasteiger partial charge in [-0.15, -0.1) is 0 Å². The van der Waals surface area contributed by atoms with E-state index >= 15 is 0 Å². The summed E-state index contributed by atoms with van der Waals surface area (Å²) in [5.41, 5.74) is 0. The number of hydrogen-bond acceptors (Lipinski definition) is 4. The molecule has 0 heterocycles. The van der Waals surface area contributed by atoms with Crippen molar-refractivity contribution in [1.82, 2.24) is 0 Å². The van der Waals surface area contributed by atoms with Gasteiger partial charge < -0.3 is 19.8 Å². The van der Waals surface area contributed by atoms with Crippen LogP contribution in [-0.2, 0) is 29.1 Å². The standard InChI is InChI=1S/2C17H34O2.Zn/c2*1-2-3-4-5-6-7-8-9-10-11-12-13-14-15-16-17(18)19;/h2*2-16H2,1H3,(H,18,19);/q;;+2/p-2. The summed E-state index contributed by atoms with van der Waals surface area (Å²) in [5.74, 6) is -1.81. The minimum absolute atomic E-state index is 0. The molecule has 4 nitrogen and oxygen atoms in total. The first-order valence-corrected chi connectivity index (χ1v) is 16.9. The van der Waals surface area contributed by atoms with Crippen molar-refractivity contribution in [3.8, 4) is 0 Å². The molecule has 39 heavy (non-hydrogen) atoms. The van der Waals surface area contributed by atoms with Gasteiger partial charge in [0.15, 0.2) is 0 Å². The van der Waals surface area contributed by atoms with Crippen molar-refractivity contribution < 1.29 is 39.3 Å². The van der Waals surface area contributed by atoms with E-state index in [1.807, 2.05) is 0 Å². The maximum absolute atomic E-state index is 10.2. The van der Waals surface area contributed by atoms with Crippen LogP contribution in [0.1, 0.15) is 206 Å². The van der Waals surface area contributed by atoms with Gasteiger partial charge in [0.1, 0.15) is 0 Å². The average Bonchev–Trinajstić information content (AvgIpc) is 2.89. The molecule has 0 bridgehead atoms. The Labute approximate surface area is 257 Å². The average molecular weight is 604 g/mol. The maximum atomic E-state index is 10.2. The van der Waals surface area contributed by atoms with Crippen molar-refractivity contribution in [2.24, 2.45) is 0 Å². The second-order valence-corrected chi connectivity index (χ2v) is 11.4. The first-order chi connectivity index (χ1) is 18.5. The second kappa shape index (κ2) is 39.7. The summed E-state index contributed by atoms with van der Waals surface area (Å²) in [7, 11) is 0. The van der Waals surface area contributed by atoms with E-state index in [1.165, 1.54) is 154 Å². The molecule has 0 aliphatic heterocycles. The van der Waals surface area contributed by atoms with Crippen molar-refractivity contribution in [1.29, 1.82) is 0 Å². The molecule has 0 aliphatic carbocycles. The summed E-state index contributed by atoms with van der Waals surface area (Å²) >= 11 is 0. The Morgan fingerprint density at radius 3 is 0.641 bits per heavy atom. The zero-order valence-corrected chi connectivity index (χ0v) is 29.5. The van der Waals surface area contributed by atoms with Crippen LogP contribution in [0.2, 0.25) is 0 Å². The zero-order valence-electron chi connectivity index (χ0n) is 26.6. The van der Waals surface area contributed by atoms with E-state index in [4.69, 9.17) is 0 Å². The first kappa shape index (κ1) is 43.0. The maximum Gasteiger partial charge on any atom is 2.00 e. The Hall–Kier alpha value is -0.437. The van der Waals surface area contributed by atoms with Gasteiger partial charge >= 0.3 is 19.5 Å². The summed E-state index contributed by atoms with van der Waals surface area (Å²) in [6, 6.07) is 0. The molecule has 0 saturated carbocycles. The smallest absolute Gasteiger partial charge is 0.550 e. The Kier molecular flexibility index (Phi) is 43.8. The zero-order chi connectivity index (χ0) is 28.4. The summed E-state index contributed by atoms with van der Waals surface area (Å²) < 4.78 is 0. The molecule has 228 valence electrons. The van der Waals surface area contributed by atoms with Crippen molar-refractivity contribution in [3.05, 3.63) is 0 Å². The third-order valence-electron chi connectivity index (χ3n) is 7.47. The van der Waals surface area contributed by atoms with Crippen LogP contribution in [0.25, 0.3) is 0 Å². The van der Waals surface area contributed by atoms with Gasteiger partial charge in [-0.2, -0.15) is 0 Å². The fourth-order valence-corrected chi connectivity index (χ4v) is 4.93. The van der Waals surface area contributed by atoms with Crippen LogP contribution in [-0.4, -0.2) is 11.9 Å². The molecule has 0 aromatic heterocycles. The number of carboxylic acid groups (broad SMARTS) is 2. The van der Waals surface area contributed by atoms with Crippen LogP contribution in [0, 0.1) is 0 Å². The fourth-order valence-electron chi connectivity index (χ4n) is 4.93. The topological polar surface area (TPSA) is 80.3 Å². The molecule has 0 radical (unpaired) electrons. The Morgan fingerprint density at radius 1 is 0.333 bits per heavy atom. The fraction of sp³-hybridized carbons (Fsp3) is 0.941. The largest absolute Gasteiger partial charge is 2.00 e. The van der Waals surface area contributed by atoms with E-state index in [1.54, 1.807) is 0 Å². The van der Waals surface area contributed by atoms with Gasteiger partial charge in [0.05, 0.1) is 0 Å².